The first-order valence-electron chi connectivity index (χ1n) is 6.20. The van der Waals surface area contributed by atoms with Gasteiger partial charge in [-0.3, -0.25) is 9.59 Å². The number of piperidine rings is 1. The maximum Gasteiger partial charge on any atom is 0.259 e. The van der Waals surface area contributed by atoms with Crippen molar-refractivity contribution in [2.24, 2.45) is 5.92 Å². The second kappa shape index (κ2) is 5.57. The maximum absolute atomic E-state index is 12.2. The van der Waals surface area contributed by atoms with Gasteiger partial charge in [0.1, 0.15) is 5.56 Å². The Morgan fingerprint density at radius 2 is 2.17 bits per heavy atom. The molecule has 1 amide bonds. The molecule has 2 heterocycles. The minimum Gasteiger partial charge on any atom is -0.367 e. The van der Waals surface area contributed by atoms with Gasteiger partial charge in [0.2, 0.25) is 0 Å². The highest BCUT2D eigenvalue weighted by Crippen LogP contribution is 2.24. The molecule has 1 fully saturated rings. The molecule has 4 nitrogen and oxygen atoms in total. The van der Waals surface area contributed by atoms with E-state index < -0.39 is 0 Å². The van der Waals surface area contributed by atoms with Crippen LogP contribution in [0.5, 0.6) is 0 Å². The van der Waals surface area contributed by atoms with E-state index >= 15 is 0 Å². The first-order valence-corrected chi connectivity index (χ1v) is 6.63. The van der Waals surface area contributed by atoms with Gasteiger partial charge in [-0.15, -0.1) is 11.6 Å². The number of halogens is 1. The van der Waals surface area contributed by atoms with E-state index in [1.54, 1.807) is 4.90 Å². The van der Waals surface area contributed by atoms with Gasteiger partial charge in [0, 0.05) is 36.9 Å². The van der Waals surface area contributed by atoms with Crippen molar-refractivity contribution in [3.05, 3.63) is 34.2 Å². The molecule has 1 aliphatic heterocycles. The molecule has 0 saturated carbocycles. The molecule has 1 N–H and O–H groups in total. The lowest BCUT2D eigenvalue weighted by molar-refractivity contribution is 0.0688. The molecule has 0 aromatic carbocycles. The van der Waals surface area contributed by atoms with Crippen LogP contribution in [0.15, 0.2) is 23.3 Å². The molecule has 18 heavy (non-hydrogen) atoms. The molecule has 0 aliphatic carbocycles. The summed E-state index contributed by atoms with van der Waals surface area (Å²) in [5.41, 5.74) is -0.0125. The van der Waals surface area contributed by atoms with Crippen LogP contribution < -0.4 is 5.43 Å². The Kier molecular flexibility index (Phi) is 4.07. The van der Waals surface area contributed by atoms with E-state index in [9.17, 15) is 9.59 Å². The van der Waals surface area contributed by atoms with Gasteiger partial charge in [-0.1, -0.05) is 0 Å². The van der Waals surface area contributed by atoms with Crippen molar-refractivity contribution in [2.45, 2.75) is 25.1 Å². The first-order chi connectivity index (χ1) is 8.59. The standard InChI is InChI=1S/C13H17ClN2O2/c1-9(14)10-3-6-16(7-4-10)13(18)11-8-15-5-2-12(11)17/h2,5,8-10H,3-4,6-7H2,1H3,(H,15,17). The van der Waals surface area contributed by atoms with Crippen LogP contribution in [0.25, 0.3) is 0 Å². The SMILES string of the molecule is CC(Cl)C1CCN(C(=O)c2c[nH]ccc2=O)CC1. The minimum atomic E-state index is -0.230. The number of H-pyrrole nitrogens is 1. The number of likely N-dealkylation sites (tertiary alicyclic amines) is 1. The van der Waals surface area contributed by atoms with Crippen LogP contribution in [0, 0.1) is 5.92 Å². The van der Waals surface area contributed by atoms with Gasteiger partial charge in [0.25, 0.3) is 5.91 Å². The number of pyridine rings is 1. The third-order valence-corrected chi connectivity index (χ3v) is 3.89. The Balaban J connectivity index is 2.04. The largest absolute Gasteiger partial charge is 0.367 e. The summed E-state index contributed by atoms with van der Waals surface area (Å²) in [5.74, 6) is 0.280. The number of aromatic nitrogens is 1. The summed E-state index contributed by atoms with van der Waals surface area (Å²) in [4.78, 5) is 28.3. The van der Waals surface area contributed by atoms with Crippen LogP contribution in [0.4, 0.5) is 0 Å². The summed E-state index contributed by atoms with van der Waals surface area (Å²) in [5, 5.41) is 0.141. The fourth-order valence-corrected chi connectivity index (χ4v) is 2.57. The zero-order chi connectivity index (χ0) is 13.1. The van der Waals surface area contributed by atoms with Gasteiger partial charge >= 0.3 is 0 Å². The van der Waals surface area contributed by atoms with Crippen LogP contribution >= 0.6 is 11.6 Å². The number of nitrogens with one attached hydrogen (secondary N) is 1. The molecule has 98 valence electrons. The van der Waals surface area contributed by atoms with Crippen molar-refractivity contribution < 1.29 is 4.79 Å². The first kappa shape index (κ1) is 13.1. The molecule has 0 radical (unpaired) electrons. The molecule has 0 bridgehead atoms. The third kappa shape index (κ3) is 2.75. The summed E-state index contributed by atoms with van der Waals surface area (Å²) in [6.07, 6.45) is 4.81. The zero-order valence-corrected chi connectivity index (χ0v) is 11.1. The van der Waals surface area contributed by atoms with Gasteiger partial charge in [-0.25, -0.2) is 0 Å². The Hall–Kier alpha value is -1.29. The monoisotopic (exact) mass is 268 g/mol. The number of aromatic amines is 1. The number of hydrogen-bond acceptors (Lipinski definition) is 2. The molecule has 0 spiro atoms. The number of carbonyl (C=O) groups excluding carboxylic acids is 1. The van der Waals surface area contributed by atoms with Crippen molar-refractivity contribution in [2.75, 3.05) is 13.1 Å². The highest BCUT2D eigenvalue weighted by molar-refractivity contribution is 6.20. The lowest BCUT2D eigenvalue weighted by Gasteiger charge is -2.33. The van der Waals surface area contributed by atoms with Crippen LogP contribution in [-0.2, 0) is 0 Å². The van der Waals surface area contributed by atoms with Crippen LogP contribution in [0.2, 0.25) is 0 Å². The summed E-state index contributed by atoms with van der Waals surface area (Å²) in [7, 11) is 0. The predicted octanol–water partition coefficient (Wildman–Crippen LogP) is 1.85. The van der Waals surface area contributed by atoms with Crippen LogP contribution in [0.1, 0.15) is 30.1 Å². The topological polar surface area (TPSA) is 53.2 Å². The molecule has 1 unspecified atom stereocenters. The highest BCUT2D eigenvalue weighted by atomic mass is 35.5. The second-order valence-electron chi connectivity index (χ2n) is 4.73. The molecule has 2 rings (SSSR count). The maximum atomic E-state index is 12.2. The van der Waals surface area contributed by atoms with E-state index in [-0.39, 0.29) is 22.3 Å². The summed E-state index contributed by atoms with van der Waals surface area (Å²) >= 11 is 6.07. The molecule has 1 saturated heterocycles. The molecule has 1 aromatic heterocycles. The number of alkyl halides is 1. The highest BCUT2D eigenvalue weighted by Gasteiger charge is 2.26. The van der Waals surface area contributed by atoms with E-state index in [0.29, 0.717) is 19.0 Å². The molecule has 1 aliphatic rings. The Bertz CT molecular complexity index is 476. The number of amides is 1. The van der Waals surface area contributed by atoms with E-state index in [4.69, 9.17) is 11.6 Å². The van der Waals surface area contributed by atoms with Crippen LogP contribution in [0.3, 0.4) is 0 Å². The molecule has 1 aromatic rings. The van der Waals surface area contributed by atoms with Gasteiger partial charge in [-0.2, -0.15) is 0 Å². The number of hydrogen-bond donors (Lipinski definition) is 1. The van der Waals surface area contributed by atoms with Crippen molar-refractivity contribution in [1.29, 1.82) is 0 Å². The van der Waals surface area contributed by atoms with E-state index in [0.717, 1.165) is 12.8 Å². The zero-order valence-electron chi connectivity index (χ0n) is 10.4. The van der Waals surface area contributed by atoms with Gasteiger partial charge in [-0.05, 0) is 25.7 Å². The minimum absolute atomic E-state index is 0.141. The van der Waals surface area contributed by atoms with Gasteiger partial charge in [0.05, 0.1) is 0 Å². The average molecular weight is 269 g/mol. The Morgan fingerprint density at radius 3 is 2.72 bits per heavy atom. The molecular formula is C13H17ClN2O2. The van der Waals surface area contributed by atoms with Crippen LogP contribution in [-0.4, -0.2) is 34.3 Å². The number of nitrogens with zero attached hydrogens (tertiary/aromatic N) is 1. The average Bonchev–Trinajstić information content (AvgIpc) is 2.38. The van der Waals surface area contributed by atoms with E-state index in [1.807, 2.05) is 6.92 Å². The molecular weight excluding hydrogens is 252 g/mol. The fourth-order valence-electron chi connectivity index (χ4n) is 2.32. The predicted molar refractivity (Wildman–Crippen MR) is 71.0 cm³/mol. The molecule has 1 atom stereocenters. The fraction of sp³-hybridized carbons (Fsp3) is 0.538. The second-order valence-corrected chi connectivity index (χ2v) is 5.42. The van der Waals surface area contributed by atoms with Gasteiger partial charge < -0.3 is 9.88 Å². The van der Waals surface area contributed by atoms with Crippen molar-refractivity contribution in [3.63, 3.8) is 0 Å². The smallest absolute Gasteiger partial charge is 0.259 e. The van der Waals surface area contributed by atoms with Crippen molar-refractivity contribution in [1.82, 2.24) is 9.88 Å². The third-order valence-electron chi connectivity index (χ3n) is 3.53. The normalized spacial score (nSPS) is 18.7. The Morgan fingerprint density at radius 1 is 1.50 bits per heavy atom. The van der Waals surface area contributed by atoms with E-state index in [2.05, 4.69) is 4.98 Å². The Labute approximate surface area is 111 Å². The lowest BCUT2D eigenvalue weighted by atomic mass is 9.93. The number of rotatable bonds is 2. The quantitative estimate of drug-likeness (QED) is 0.833. The van der Waals surface area contributed by atoms with Crippen molar-refractivity contribution in [3.8, 4) is 0 Å². The number of carbonyl (C=O) groups is 1. The summed E-state index contributed by atoms with van der Waals surface area (Å²) < 4.78 is 0. The lowest BCUT2D eigenvalue weighted by Crippen LogP contribution is -2.41. The van der Waals surface area contributed by atoms with Gasteiger partial charge in [0.15, 0.2) is 5.43 Å². The summed E-state index contributed by atoms with van der Waals surface area (Å²) in [6, 6.07) is 1.38. The van der Waals surface area contributed by atoms with Crippen molar-refractivity contribution >= 4 is 17.5 Å². The summed E-state index contributed by atoms with van der Waals surface area (Å²) in [6.45, 7) is 3.34. The van der Waals surface area contributed by atoms with E-state index in [1.165, 1.54) is 18.5 Å². The molecule has 5 heteroatoms.